The second kappa shape index (κ2) is 6.75. The van der Waals surface area contributed by atoms with Gasteiger partial charge in [0.2, 0.25) is 11.8 Å². The highest BCUT2D eigenvalue weighted by atomic mass is 16.2. The van der Waals surface area contributed by atoms with Crippen molar-refractivity contribution in [3.8, 4) is 0 Å². The number of carbonyl (C=O) groups is 3. The monoisotopic (exact) mass is 348 g/mol. The van der Waals surface area contributed by atoms with Crippen LogP contribution in [-0.4, -0.2) is 17.7 Å². The van der Waals surface area contributed by atoms with Gasteiger partial charge in [0.25, 0.3) is 5.91 Å². The molecule has 1 heterocycles. The topological polar surface area (TPSA) is 66.5 Å². The molecule has 1 aliphatic carbocycles. The summed E-state index contributed by atoms with van der Waals surface area (Å²) in [5.41, 5.74) is 3.54. The van der Waals surface area contributed by atoms with Crippen molar-refractivity contribution in [1.29, 1.82) is 0 Å². The van der Waals surface area contributed by atoms with Crippen molar-refractivity contribution < 1.29 is 14.4 Å². The van der Waals surface area contributed by atoms with Crippen LogP contribution in [0.3, 0.4) is 0 Å². The van der Waals surface area contributed by atoms with Crippen LogP contribution in [-0.2, 0) is 16.0 Å². The van der Waals surface area contributed by atoms with Crippen LogP contribution in [0.4, 0.5) is 5.69 Å². The summed E-state index contributed by atoms with van der Waals surface area (Å²) in [6.45, 7) is 0. The third-order valence-corrected chi connectivity index (χ3v) is 5.11. The lowest BCUT2D eigenvalue weighted by Crippen LogP contribution is -2.31. The van der Waals surface area contributed by atoms with Crippen molar-refractivity contribution in [3.05, 3.63) is 65.2 Å². The molecular weight excluding hydrogens is 328 g/mol. The van der Waals surface area contributed by atoms with Crippen LogP contribution in [0.2, 0.25) is 0 Å². The summed E-state index contributed by atoms with van der Waals surface area (Å²) in [6.07, 6.45) is 3.54. The van der Waals surface area contributed by atoms with Crippen LogP contribution in [0.15, 0.2) is 48.5 Å². The molecule has 1 aliphatic heterocycles. The molecule has 4 rings (SSSR count). The molecule has 5 nitrogen and oxygen atoms in total. The van der Waals surface area contributed by atoms with Gasteiger partial charge in [-0.05, 0) is 54.7 Å². The van der Waals surface area contributed by atoms with Crippen molar-refractivity contribution in [2.24, 2.45) is 0 Å². The Kier molecular flexibility index (Phi) is 4.29. The van der Waals surface area contributed by atoms with E-state index in [0.29, 0.717) is 11.3 Å². The SMILES string of the molecule is O=C(N[C@@H]1CCCc2ccccc21)c1ccc(N2C(=O)CCC2=O)cc1. The van der Waals surface area contributed by atoms with E-state index in [2.05, 4.69) is 17.4 Å². The first kappa shape index (κ1) is 16.5. The van der Waals surface area contributed by atoms with E-state index in [1.165, 1.54) is 16.0 Å². The number of amides is 3. The maximum Gasteiger partial charge on any atom is 0.251 e. The molecule has 0 aromatic heterocycles. The molecule has 1 N–H and O–H groups in total. The van der Waals surface area contributed by atoms with E-state index in [-0.39, 0.29) is 36.6 Å². The van der Waals surface area contributed by atoms with E-state index in [1.807, 2.05) is 12.1 Å². The van der Waals surface area contributed by atoms with Gasteiger partial charge in [-0.25, -0.2) is 0 Å². The molecular formula is C21H20N2O3. The minimum absolute atomic E-state index is 0.0221. The van der Waals surface area contributed by atoms with Crippen LogP contribution in [0.25, 0.3) is 0 Å². The Labute approximate surface area is 152 Å². The fourth-order valence-corrected chi connectivity index (χ4v) is 3.77. The molecule has 0 saturated carbocycles. The molecule has 1 saturated heterocycles. The molecule has 1 atom stereocenters. The summed E-state index contributed by atoms with van der Waals surface area (Å²) < 4.78 is 0. The van der Waals surface area contributed by atoms with Crippen LogP contribution < -0.4 is 10.2 Å². The third-order valence-electron chi connectivity index (χ3n) is 5.11. The van der Waals surface area contributed by atoms with Crippen molar-refractivity contribution >= 4 is 23.4 Å². The molecule has 2 aliphatic rings. The highest BCUT2D eigenvalue weighted by Crippen LogP contribution is 2.30. The zero-order valence-electron chi connectivity index (χ0n) is 14.4. The molecule has 26 heavy (non-hydrogen) atoms. The third kappa shape index (κ3) is 3.01. The Morgan fingerprint density at radius 1 is 0.923 bits per heavy atom. The van der Waals surface area contributed by atoms with Crippen molar-refractivity contribution in [2.45, 2.75) is 38.1 Å². The van der Waals surface area contributed by atoms with Crippen molar-refractivity contribution in [1.82, 2.24) is 5.32 Å². The Morgan fingerprint density at radius 2 is 1.62 bits per heavy atom. The molecule has 0 unspecified atom stereocenters. The predicted octanol–water partition coefficient (Wildman–Crippen LogP) is 3.15. The second-order valence-corrected chi connectivity index (χ2v) is 6.79. The zero-order chi connectivity index (χ0) is 18.1. The number of fused-ring (bicyclic) bond motifs is 1. The number of anilines is 1. The van der Waals surface area contributed by atoms with Gasteiger partial charge in [-0.1, -0.05) is 24.3 Å². The van der Waals surface area contributed by atoms with Gasteiger partial charge in [-0.15, -0.1) is 0 Å². The summed E-state index contributed by atoms with van der Waals surface area (Å²) in [6, 6.07) is 14.9. The van der Waals surface area contributed by atoms with Gasteiger partial charge in [0.15, 0.2) is 0 Å². The van der Waals surface area contributed by atoms with Crippen LogP contribution in [0, 0.1) is 0 Å². The molecule has 1 fully saturated rings. The normalized spacial score (nSPS) is 19.4. The average molecular weight is 348 g/mol. The summed E-state index contributed by atoms with van der Waals surface area (Å²) in [4.78, 5) is 37.4. The fourth-order valence-electron chi connectivity index (χ4n) is 3.77. The molecule has 3 amide bonds. The van der Waals surface area contributed by atoms with Crippen molar-refractivity contribution in [3.63, 3.8) is 0 Å². The molecule has 132 valence electrons. The standard InChI is InChI=1S/C21H20N2O3/c24-19-12-13-20(25)23(19)16-10-8-15(9-11-16)21(26)22-18-7-3-5-14-4-1-2-6-17(14)18/h1-2,4,6,8-11,18H,3,5,7,12-13H2,(H,22,26)/t18-/m1/s1. The van der Waals surface area contributed by atoms with Gasteiger partial charge in [0.1, 0.15) is 0 Å². The number of hydrogen-bond donors (Lipinski definition) is 1. The number of aryl methyl sites for hydroxylation is 1. The Hall–Kier alpha value is -2.95. The quantitative estimate of drug-likeness (QED) is 0.867. The smallest absolute Gasteiger partial charge is 0.251 e. The predicted molar refractivity (Wildman–Crippen MR) is 97.8 cm³/mol. The molecule has 2 aromatic carbocycles. The van der Waals surface area contributed by atoms with E-state index in [4.69, 9.17) is 0 Å². The first-order valence-electron chi connectivity index (χ1n) is 8.98. The van der Waals surface area contributed by atoms with Crippen LogP contribution in [0.5, 0.6) is 0 Å². The lowest BCUT2D eigenvalue weighted by atomic mass is 9.87. The number of rotatable bonds is 3. The number of benzene rings is 2. The van der Waals surface area contributed by atoms with Gasteiger partial charge >= 0.3 is 0 Å². The largest absolute Gasteiger partial charge is 0.345 e. The fraction of sp³-hybridized carbons (Fsp3) is 0.286. The molecule has 5 heteroatoms. The lowest BCUT2D eigenvalue weighted by molar-refractivity contribution is -0.121. The number of carbonyl (C=O) groups excluding carboxylic acids is 3. The lowest BCUT2D eigenvalue weighted by Gasteiger charge is -2.26. The summed E-state index contributed by atoms with van der Waals surface area (Å²) in [5, 5.41) is 3.11. The molecule has 0 spiro atoms. The van der Waals surface area contributed by atoms with E-state index in [0.717, 1.165) is 19.3 Å². The number of imide groups is 1. The van der Waals surface area contributed by atoms with E-state index in [1.54, 1.807) is 24.3 Å². The van der Waals surface area contributed by atoms with Gasteiger partial charge in [-0.3, -0.25) is 19.3 Å². The van der Waals surface area contributed by atoms with E-state index >= 15 is 0 Å². The number of hydrogen-bond acceptors (Lipinski definition) is 3. The molecule has 2 aromatic rings. The first-order chi connectivity index (χ1) is 12.6. The van der Waals surface area contributed by atoms with Gasteiger partial charge in [0.05, 0.1) is 11.7 Å². The summed E-state index contributed by atoms with van der Waals surface area (Å²) >= 11 is 0. The molecule has 0 radical (unpaired) electrons. The highest BCUT2D eigenvalue weighted by Gasteiger charge is 2.30. The minimum Gasteiger partial charge on any atom is -0.345 e. The summed E-state index contributed by atoms with van der Waals surface area (Å²) in [7, 11) is 0. The van der Waals surface area contributed by atoms with Crippen LogP contribution in [0.1, 0.15) is 53.2 Å². The Morgan fingerprint density at radius 3 is 2.35 bits per heavy atom. The number of nitrogens with one attached hydrogen (secondary N) is 1. The van der Waals surface area contributed by atoms with E-state index in [9.17, 15) is 14.4 Å². The first-order valence-corrected chi connectivity index (χ1v) is 8.98. The highest BCUT2D eigenvalue weighted by molar-refractivity contribution is 6.19. The average Bonchev–Trinajstić information content (AvgIpc) is 3.00. The Balaban J connectivity index is 1.49. The minimum atomic E-state index is -0.189. The molecule has 0 bridgehead atoms. The van der Waals surface area contributed by atoms with Crippen LogP contribution >= 0.6 is 0 Å². The van der Waals surface area contributed by atoms with Gasteiger partial charge in [0, 0.05) is 18.4 Å². The van der Waals surface area contributed by atoms with Gasteiger partial charge < -0.3 is 5.32 Å². The summed E-state index contributed by atoms with van der Waals surface area (Å²) in [5.74, 6) is -0.519. The maximum absolute atomic E-state index is 12.6. The van der Waals surface area contributed by atoms with Crippen molar-refractivity contribution in [2.75, 3.05) is 4.90 Å². The Bertz CT molecular complexity index is 857. The van der Waals surface area contributed by atoms with E-state index < -0.39 is 0 Å². The second-order valence-electron chi connectivity index (χ2n) is 6.79. The maximum atomic E-state index is 12.6. The number of nitrogens with zero attached hydrogens (tertiary/aromatic N) is 1. The van der Waals surface area contributed by atoms with Gasteiger partial charge in [-0.2, -0.15) is 0 Å². The zero-order valence-corrected chi connectivity index (χ0v) is 14.4.